The Balaban J connectivity index is 2.46. The maximum Gasteiger partial charge on any atom is 0.195 e. The molecule has 1 heterocycles. The Morgan fingerprint density at radius 2 is 1.94 bits per heavy atom. The van der Waals surface area contributed by atoms with Crippen molar-refractivity contribution in [1.82, 2.24) is 4.98 Å². The standard InChI is InChI=1S/C13H8BrF2NO/c1-7-2-3-8(6-17-7)13(18)9-4-5-10(15)12(16)11(9)14/h2-6H,1H3. The lowest BCUT2D eigenvalue weighted by Gasteiger charge is -2.05. The summed E-state index contributed by atoms with van der Waals surface area (Å²) in [4.78, 5) is 16.1. The third-order valence-electron chi connectivity index (χ3n) is 2.45. The number of rotatable bonds is 2. The molecule has 0 atom stereocenters. The maximum atomic E-state index is 13.3. The van der Waals surface area contributed by atoms with Crippen LogP contribution in [0.1, 0.15) is 21.6 Å². The van der Waals surface area contributed by atoms with Crippen LogP contribution in [-0.2, 0) is 0 Å². The normalized spacial score (nSPS) is 10.4. The molecule has 92 valence electrons. The number of nitrogens with zero attached hydrogens (tertiary/aromatic N) is 1. The molecule has 0 amide bonds. The first-order valence-electron chi connectivity index (χ1n) is 5.11. The van der Waals surface area contributed by atoms with E-state index < -0.39 is 17.4 Å². The molecule has 2 nitrogen and oxygen atoms in total. The van der Waals surface area contributed by atoms with E-state index in [1.165, 1.54) is 12.3 Å². The molecule has 0 unspecified atom stereocenters. The lowest BCUT2D eigenvalue weighted by Crippen LogP contribution is -2.05. The number of benzene rings is 1. The van der Waals surface area contributed by atoms with E-state index in [9.17, 15) is 13.6 Å². The van der Waals surface area contributed by atoms with E-state index in [4.69, 9.17) is 0 Å². The van der Waals surface area contributed by atoms with Crippen LogP contribution >= 0.6 is 15.9 Å². The number of ketones is 1. The van der Waals surface area contributed by atoms with Crippen LogP contribution in [0.25, 0.3) is 0 Å². The second-order valence-corrected chi connectivity index (χ2v) is 4.53. The number of halogens is 3. The Labute approximate surface area is 111 Å². The molecule has 5 heteroatoms. The third kappa shape index (κ3) is 2.31. The second kappa shape index (κ2) is 4.94. The maximum absolute atomic E-state index is 13.3. The van der Waals surface area contributed by atoms with Crippen molar-refractivity contribution >= 4 is 21.7 Å². The molecule has 0 aliphatic carbocycles. The van der Waals surface area contributed by atoms with Crippen molar-refractivity contribution in [3.8, 4) is 0 Å². The van der Waals surface area contributed by atoms with Gasteiger partial charge in [-0.15, -0.1) is 0 Å². The summed E-state index contributed by atoms with van der Waals surface area (Å²) in [6.07, 6.45) is 1.41. The summed E-state index contributed by atoms with van der Waals surface area (Å²) in [6.45, 7) is 1.79. The van der Waals surface area contributed by atoms with E-state index in [0.29, 0.717) is 5.56 Å². The first-order chi connectivity index (χ1) is 8.50. The van der Waals surface area contributed by atoms with Crippen molar-refractivity contribution in [1.29, 1.82) is 0 Å². The Bertz CT molecular complexity index is 611. The van der Waals surface area contributed by atoms with Crippen molar-refractivity contribution in [3.63, 3.8) is 0 Å². The molecule has 0 aliphatic heterocycles. The number of pyridine rings is 1. The predicted molar refractivity (Wildman–Crippen MR) is 66.5 cm³/mol. The van der Waals surface area contributed by atoms with Gasteiger partial charge in [0.05, 0.1) is 4.47 Å². The van der Waals surface area contributed by atoms with E-state index in [2.05, 4.69) is 20.9 Å². The second-order valence-electron chi connectivity index (χ2n) is 3.74. The summed E-state index contributed by atoms with van der Waals surface area (Å²) in [5.41, 5.74) is 1.17. The monoisotopic (exact) mass is 311 g/mol. The molecular weight excluding hydrogens is 304 g/mol. The molecule has 0 aliphatic rings. The van der Waals surface area contributed by atoms with Gasteiger partial charge in [-0.05, 0) is 47.1 Å². The Kier molecular flexibility index (Phi) is 3.52. The van der Waals surface area contributed by atoms with Gasteiger partial charge in [0.2, 0.25) is 0 Å². The number of carbonyl (C=O) groups is 1. The van der Waals surface area contributed by atoms with Gasteiger partial charge >= 0.3 is 0 Å². The van der Waals surface area contributed by atoms with E-state index in [0.717, 1.165) is 11.8 Å². The van der Waals surface area contributed by atoms with Gasteiger partial charge in [-0.25, -0.2) is 8.78 Å². The Hall–Kier alpha value is -1.62. The fourth-order valence-electron chi connectivity index (χ4n) is 1.46. The van der Waals surface area contributed by atoms with Crippen LogP contribution in [0.3, 0.4) is 0 Å². The molecule has 18 heavy (non-hydrogen) atoms. The molecule has 2 rings (SSSR count). The summed E-state index contributed by atoms with van der Waals surface area (Å²) in [6, 6.07) is 5.44. The minimum absolute atomic E-state index is 0.0690. The quantitative estimate of drug-likeness (QED) is 0.626. The first kappa shape index (κ1) is 12.8. The summed E-state index contributed by atoms with van der Waals surface area (Å²) in [5, 5.41) is 0. The largest absolute Gasteiger partial charge is 0.289 e. The molecule has 0 saturated heterocycles. The van der Waals surface area contributed by atoms with Gasteiger partial charge in [0, 0.05) is 23.0 Å². The summed E-state index contributed by atoms with van der Waals surface area (Å²) in [7, 11) is 0. The summed E-state index contributed by atoms with van der Waals surface area (Å²) >= 11 is 2.89. The van der Waals surface area contributed by atoms with Crippen molar-refractivity contribution in [2.45, 2.75) is 6.92 Å². The molecule has 1 aromatic carbocycles. The van der Waals surface area contributed by atoms with Crippen molar-refractivity contribution in [2.75, 3.05) is 0 Å². The highest BCUT2D eigenvalue weighted by molar-refractivity contribution is 9.10. The van der Waals surface area contributed by atoms with E-state index >= 15 is 0 Å². The van der Waals surface area contributed by atoms with Gasteiger partial charge in [-0.2, -0.15) is 0 Å². The van der Waals surface area contributed by atoms with E-state index in [-0.39, 0.29) is 10.0 Å². The van der Waals surface area contributed by atoms with Crippen LogP contribution in [0.4, 0.5) is 8.78 Å². The Morgan fingerprint density at radius 1 is 1.22 bits per heavy atom. The first-order valence-corrected chi connectivity index (χ1v) is 5.91. The highest BCUT2D eigenvalue weighted by Gasteiger charge is 2.18. The molecule has 0 spiro atoms. The summed E-state index contributed by atoms with van der Waals surface area (Å²) in [5.74, 6) is -2.48. The van der Waals surface area contributed by atoms with Gasteiger partial charge in [0.15, 0.2) is 17.4 Å². The lowest BCUT2D eigenvalue weighted by atomic mass is 10.0. The molecule has 1 aromatic heterocycles. The number of aromatic nitrogens is 1. The zero-order valence-electron chi connectivity index (χ0n) is 9.38. The van der Waals surface area contributed by atoms with Gasteiger partial charge in [-0.3, -0.25) is 9.78 Å². The highest BCUT2D eigenvalue weighted by atomic mass is 79.9. The zero-order chi connectivity index (χ0) is 13.3. The average molecular weight is 312 g/mol. The molecule has 0 fully saturated rings. The van der Waals surface area contributed by atoms with Crippen molar-refractivity contribution in [2.24, 2.45) is 0 Å². The van der Waals surface area contributed by atoms with Gasteiger partial charge in [-0.1, -0.05) is 0 Å². The number of aryl methyl sites for hydroxylation is 1. The third-order valence-corrected chi connectivity index (χ3v) is 3.23. The molecule has 2 aromatic rings. The van der Waals surface area contributed by atoms with Crippen LogP contribution in [0.15, 0.2) is 34.9 Å². The smallest absolute Gasteiger partial charge is 0.195 e. The summed E-state index contributed by atoms with van der Waals surface area (Å²) < 4.78 is 26.1. The van der Waals surface area contributed by atoms with E-state index in [1.54, 1.807) is 19.1 Å². The number of carbonyl (C=O) groups excluding carboxylic acids is 1. The topological polar surface area (TPSA) is 30.0 Å². The molecule has 0 radical (unpaired) electrons. The van der Waals surface area contributed by atoms with Crippen LogP contribution in [-0.4, -0.2) is 10.8 Å². The van der Waals surface area contributed by atoms with Crippen LogP contribution in [0.2, 0.25) is 0 Å². The molecule has 0 N–H and O–H groups in total. The molecular formula is C13H8BrF2NO. The van der Waals surface area contributed by atoms with E-state index in [1.807, 2.05) is 0 Å². The van der Waals surface area contributed by atoms with Crippen LogP contribution in [0, 0.1) is 18.6 Å². The fourth-order valence-corrected chi connectivity index (χ4v) is 1.96. The molecule has 0 saturated carbocycles. The van der Waals surface area contributed by atoms with Crippen molar-refractivity contribution in [3.05, 3.63) is 63.4 Å². The highest BCUT2D eigenvalue weighted by Crippen LogP contribution is 2.25. The lowest BCUT2D eigenvalue weighted by molar-refractivity contribution is 0.103. The fraction of sp³-hybridized carbons (Fsp3) is 0.0769. The average Bonchev–Trinajstić information content (AvgIpc) is 2.36. The minimum atomic E-state index is -1.07. The molecule has 0 bridgehead atoms. The SMILES string of the molecule is Cc1ccc(C(=O)c2ccc(F)c(F)c2Br)cn1. The van der Waals surface area contributed by atoms with Crippen molar-refractivity contribution < 1.29 is 13.6 Å². The number of hydrogen-bond donors (Lipinski definition) is 0. The van der Waals surface area contributed by atoms with Gasteiger partial charge < -0.3 is 0 Å². The van der Waals surface area contributed by atoms with Gasteiger partial charge in [0.25, 0.3) is 0 Å². The van der Waals surface area contributed by atoms with Crippen LogP contribution in [0.5, 0.6) is 0 Å². The Morgan fingerprint density at radius 3 is 2.56 bits per heavy atom. The van der Waals surface area contributed by atoms with Gasteiger partial charge in [0.1, 0.15) is 0 Å². The van der Waals surface area contributed by atoms with Crippen LogP contribution < -0.4 is 0 Å². The predicted octanol–water partition coefficient (Wildman–Crippen LogP) is 3.66. The number of hydrogen-bond acceptors (Lipinski definition) is 2. The minimum Gasteiger partial charge on any atom is -0.289 e. The zero-order valence-corrected chi connectivity index (χ0v) is 11.0.